The normalized spacial score (nSPS) is 13.8. The molecule has 0 spiro atoms. The third-order valence-corrected chi connectivity index (χ3v) is 6.07. The van der Waals surface area contributed by atoms with Gasteiger partial charge >= 0.3 is 6.18 Å². The average molecular weight is 459 g/mol. The minimum Gasteiger partial charge on any atom is -0.361 e. The Morgan fingerprint density at radius 3 is 2.21 bits per heavy atom. The maximum Gasteiger partial charge on any atom is 0.416 e. The number of H-pyrrole nitrogens is 1. The fraction of sp³-hybridized carbons (Fsp3) is 0.385. The monoisotopic (exact) mass is 458 g/mol. The summed E-state index contributed by atoms with van der Waals surface area (Å²) in [4.78, 5) is 28.5. The third kappa shape index (κ3) is 5.64. The molecule has 0 saturated carbocycles. The highest BCUT2D eigenvalue weighted by Gasteiger charge is 2.30. The Bertz CT molecular complexity index is 1130. The Morgan fingerprint density at radius 1 is 1.00 bits per heavy atom. The highest BCUT2D eigenvalue weighted by molar-refractivity contribution is 5.94. The molecule has 7 heteroatoms. The van der Waals surface area contributed by atoms with Crippen molar-refractivity contribution < 1.29 is 22.8 Å². The number of aromatic nitrogens is 1. The van der Waals surface area contributed by atoms with Gasteiger partial charge in [0.1, 0.15) is 0 Å². The average Bonchev–Trinajstić information content (AvgIpc) is 3.17. The quantitative estimate of drug-likeness (QED) is 0.425. The summed E-state index contributed by atoms with van der Waals surface area (Å²) in [6, 6.07) is 10.0. The number of nitrogens with one attached hydrogen (secondary N) is 2. The van der Waals surface area contributed by atoms with Gasteiger partial charge in [-0.1, -0.05) is 52.3 Å². The molecule has 3 rings (SSSR count). The molecule has 0 radical (unpaired) electrons. The summed E-state index contributed by atoms with van der Waals surface area (Å²) in [7, 11) is 0. The van der Waals surface area contributed by atoms with Gasteiger partial charge in [-0.15, -0.1) is 0 Å². The number of ketones is 1. The summed E-state index contributed by atoms with van der Waals surface area (Å²) < 4.78 is 38.6. The summed E-state index contributed by atoms with van der Waals surface area (Å²) in [6.45, 7) is 7.59. The van der Waals surface area contributed by atoms with Crippen molar-refractivity contribution in [3.05, 3.63) is 59.8 Å². The minimum absolute atomic E-state index is 0.0150. The van der Waals surface area contributed by atoms with E-state index >= 15 is 0 Å². The molecule has 0 aliphatic rings. The molecule has 2 atom stereocenters. The van der Waals surface area contributed by atoms with Crippen LogP contribution >= 0.6 is 0 Å². The molecular weight excluding hydrogens is 429 g/mol. The Morgan fingerprint density at radius 2 is 1.64 bits per heavy atom. The Hall–Kier alpha value is -3.09. The predicted molar refractivity (Wildman–Crippen MR) is 124 cm³/mol. The zero-order chi connectivity index (χ0) is 24.3. The minimum atomic E-state index is -4.38. The first-order valence-corrected chi connectivity index (χ1v) is 11.1. The van der Waals surface area contributed by atoms with E-state index in [1.54, 1.807) is 6.20 Å². The molecule has 4 nitrogen and oxygen atoms in total. The summed E-state index contributed by atoms with van der Waals surface area (Å²) in [6.07, 6.45) is -1.77. The van der Waals surface area contributed by atoms with E-state index in [-0.39, 0.29) is 29.9 Å². The second kappa shape index (κ2) is 9.81. The lowest BCUT2D eigenvalue weighted by molar-refractivity contribution is -0.137. The lowest BCUT2D eigenvalue weighted by atomic mass is 9.90. The fourth-order valence-corrected chi connectivity index (χ4v) is 3.84. The van der Waals surface area contributed by atoms with E-state index in [9.17, 15) is 22.8 Å². The third-order valence-electron chi connectivity index (χ3n) is 6.07. The number of benzene rings is 2. The van der Waals surface area contributed by atoms with Crippen LogP contribution in [-0.4, -0.2) is 22.7 Å². The van der Waals surface area contributed by atoms with E-state index in [1.807, 2.05) is 45.9 Å². The molecular formula is C26H29F3N2O2. The van der Waals surface area contributed by atoms with Crippen molar-refractivity contribution in [3.8, 4) is 11.1 Å². The van der Waals surface area contributed by atoms with Gasteiger partial charge < -0.3 is 10.3 Å². The number of hydrogen-bond donors (Lipinski definition) is 2. The second-order valence-electron chi connectivity index (χ2n) is 8.81. The first kappa shape index (κ1) is 24.6. The van der Waals surface area contributed by atoms with E-state index in [0.717, 1.165) is 40.6 Å². The highest BCUT2D eigenvalue weighted by Crippen LogP contribution is 2.32. The molecule has 1 aromatic heterocycles. The second-order valence-corrected chi connectivity index (χ2v) is 8.81. The molecule has 0 unspecified atom stereocenters. The molecule has 176 valence electrons. The molecule has 0 bridgehead atoms. The molecule has 1 heterocycles. The maximum atomic E-state index is 12.9. The predicted octanol–water partition coefficient (Wildman–Crippen LogP) is 6.15. The van der Waals surface area contributed by atoms with Crippen LogP contribution in [-0.2, 0) is 22.2 Å². The summed E-state index contributed by atoms with van der Waals surface area (Å²) in [5.74, 6) is -0.377. The number of amides is 1. The van der Waals surface area contributed by atoms with Gasteiger partial charge in [-0.2, -0.15) is 13.2 Å². The Balaban J connectivity index is 1.83. The first-order valence-electron chi connectivity index (χ1n) is 11.1. The zero-order valence-electron chi connectivity index (χ0n) is 19.2. The van der Waals surface area contributed by atoms with Crippen LogP contribution in [0.2, 0.25) is 0 Å². The van der Waals surface area contributed by atoms with Crippen LogP contribution in [0.1, 0.15) is 45.2 Å². The summed E-state index contributed by atoms with van der Waals surface area (Å²) in [5, 5.41) is 3.73. The molecule has 0 aliphatic carbocycles. The van der Waals surface area contributed by atoms with Gasteiger partial charge in [0.2, 0.25) is 5.91 Å². The largest absolute Gasteiger partial charge is 0.416 e. The molecule has 0 aliphatic heterocycles. The summed E-state index contributed by atoms with van der Waals surface area (Å²) in [5.41, 5.74) is 2.30. The van der Waals surface area contributed by atoms with Gasteiger partial charge in [-0.25, -0.2) is 0 Å². The van der Waals surface area contributed by atoms with Gasteiger partial charge in [-0.3, -0.25) is 9.59 Å². The van der Waals surface area contributed by atoms with Crippen molar-refractivity contribution in [3.63, 3.8) is 0 Å². The number of alkyl halides is 3. The van der Waals surface area contributed by atoms with Crippen LogP contribution in [0.5, 0.6) is 0 Å². The van der Waals surface area contributed by atoms with Crippen molar-refractivity contribution in [2.45, 2.75) is 52.8 Å². The molecule has 0 fully saturated rings. The first-order chi connectivity index (χ1) is 15.5. The van der Waals surface area contributed by atoms with Crippen molar-refractivity contribution in [2.24, 2.45) is 11.8 Å². The van der Waals surface area contributed by atoms with Gasteiger partial charge in [-0.05, 0) is 46.9 Å². The van der Waals surface area contributed by atoms with Gasteiger partial charge in [0.15, 0.2) is 5.78 Å². The van der Waals surface area contributed by atoms with Crippen LogP contribution < -0.4 is 5.32 Å². The number of rotatable bonds is 8. The standard InChI is InChI=1S/C26H29F3N2O2/c1-5-16(4)24(25(33)15(2)3)31-23(32)13-19-14-30-22-11-8-18(12-21(19)22)17-6-9-20(10-7-17)26(27,28)29/h6-12,14-16,24,30H,5,13H2,1-4H3,(H,31,32)/t16-,24-/m0/s1. The number of halogens is 3. The van der Waals surface area contributed by atoms with E-state index in [2.05, 4.69) is 10.3 Å². The van der Waals surface area contributed by atoms with Gasteiger partial charge in [0, 0.05) is 23.0 Å². The van der Waals surface area contributed by atoms with Crippen LogP contribution in [0.4, 0.5) is 13.2 Å². The number of Topliss-reactive ketones (excluding diaryl/α,β-unsaturated/α-hetero) is 1. The number of carbonyl (C=O) groups excluding carboxylic acids is 2. The molecule has 2 N–H and O–H groups in total. The van der Waals surface area contributed by atoms with E-state index in [4.69, 9.17) is 0 Å². The SMILES string of the molecule is CC[C@H](C)[C@H](NC(=O)Cc1c[nH]c2ccc(-c3ccc(C(F)(F)F)cc3)cc12)C(=O)C(C)C. The summed E-state index contributed by atoms with van der Waals surface area (Å²) >= 11 is 0. The van der Waals surface area contributed by atoms with Crippen molar-refractivity contribution >= 4 is 22.6 Å². The molecule has 0 saturated heterocycles. The van der Waals surface area contributed by atoms with E-state index < -0.39 is 17.8 Å². The van der Waals surface area contributed by atoms with Crippen molar-refractivity contribution in [1.29, 1.82) is 0 Å². The van der Waals surface area contributed by atoms with Crippen LogP contribution in [0.15, 0.2) is 48.7 Å². The Labute approximate surface area is 191 Å². The van der Waals surface area contributed by atoms with Crippen LogP contribution in [0.25, 0.3) is 22.0 Å². The van der Waals surface area contributed by atoms with Crippen molar-refractivity contribution in [2.75, 3.05) is 0 Å². The van der Waals surface area contributed by atoms with Crippen LogP contribution in [0.3, 0.4) is 0 Å². The van der Waals surface area contributed by atoms with Gasteiger partial charge in [0.25, 0.3) is 0 Å². The van der Waals surface area contributed by atoms with Crippen LogP contribution in [0, 0.1) is 11.8 Å². The smallest absolute Gasteiger partial charge is 0.361 e. The molecule has 33 heavy (non-hydrogen) atoms. The zero-order valence-corrected chi connectivity index (χ0v) is 19.2. The number of fused-ring (bicyclic) bond motifs is 1. The molecule has 3 aromatic rings. The highest BCUT2D eigenvalue weighted by atomic mass is 19.4. The number of hydrogen-bond acceptors (Lipinski definition) is 2. The van der Waals surface area contributed by atoms with Gasteiger partial charge in [0.05, 0.1) is 18.0 Å². The number of carbonyl (C=O) groups is 2. The lowest BCUT2D eigenvalue weighted by Gasteiger charge is -2.24. The maximum absolute atomic E-state index is 12.9. The number of aromatic amines is 1. The Kier molecular flexibility index (Phi) is 7.30. The van der Waals surface area contributed by atoms with Crippen molar-refractivity contribution in [1.82, 2.24) is 10.3 Å². The molecule has 1 amide bonds. The molecule has 2 aromatic carbocycles. The fourth-order valence-electron chi connectivity index (χ4n) is 3.84. The topological polar surface area (TPSA) is 62.0 Å². The van der Waals surface area contributed by atoms with E-state index in [1.165, 1.54) is 12.1 Å². The lowest BCUT2D eigenvalue weighted by Crippen LogP contribution is -2.47. The van der Waals surface area contributed by atoms with E-state index in [0.29, 0.717) is 5.56 Å².